The number of fused-ring (bicyclic) bond motifs is 1. The first-order valence-corrected chi connectivity index (χ1v) is 10.7. The molecule has 0 N–H and O–H groups in total. The fourth-order valence-corrected chi connectivity index (χ4v) is 5.03. The lowest BCUT2D eigenvalue weighted by molar-refractivity contribution is 0.0593. The molecule has 144 valence electrons. The number of unbranched alkanes of at least 4 members (excludes halogenated alkanes) is 1. The zero-order valence-corrected chi connectivity index (χ0v) is 16.2. The topological polar surface area (TPSA) is 38.1 Å². The standard InChI is InChI=1S/C23H31N3O/c27-23-21(19-9-2-1-3-10-19)14-15-24-26(23)18-7-6-16-25-17-8-12-20-11-4-5-13-22(20)25/h1-3,9-10,14-15,20,22H,4-8,11-13,16-18H2/t20-,22+/m1/s1. The predicted molar refractivity (Wildman–Crippen MR) is 110 cm³/mol. The second-order valence-corrected chi connectivity index (χ2v) is 8.14. The van der Waals surface area contributed by atoms with Gasteiger partial charge >= 0.3 is 0 Å². The summed E-state index contributed by atoms with van der Waals surface area (Å²) in [6.45, 7) is 3.15. The van der Waals surface area contributed by atoms with Crippen molar-refractivity contribution in [1.82, 2.24) is 14.7 Å². The minimum Gasteiger partial charge on any atom is -0.300 e. The van der Waals surface area contributed by atoms with Crippen LogP contribution in [-0.4, -0.2) is 33.8 Å². The fourth-order valence-electron chi connectivity index (χ4n) is 5.03. The highest BCUT2D eigenvalue weighted by molar-refractivity contribution is 5.61. The maximum absolute atomic E-state index is 12.7. The predicted octanol–water partition coefficient (Wildman–Crippen LogP) is 4.35. The van der Waals surface area contributed by atoms with Crippen molar-refractivity contribution >= 4 is 0 Å². The molecule has 1 aromatic heterocycles. The first-order chi connectivity index (χ1) is 13.3. The molecule has 4 nitrogen and oxygen atoms in total. The van der Waals surface area contributed by atoms with Crippen molar-refractivity contribution in [3.63, 3.8) is 0 Å². The lowest BCUT2D eigenvalue weighted by Gasteiger charge is -2.44. The number of aromatic nitrogens is 2. The molecule has 0 radical (unpaired) electrons. The molecule has 2 aromatic rings. The van der Waals surface area contributed by atoms with Crippen molar-refractivity contribution in [3.05, 3.63) is 52.9 Å². The SMILES string of the molecule is O=c1c(-c2ccccc2)ccnn1CCCCN1CCC[C@H]2CCCC[C@@H]21. The molecule has 4 rings (SSSR count). The number of rotatable bonds is 6. The number of hydrogen-bond donors (Lipinski definition) is 0. The molecule has 0 unspecified atom stereocenters. The smallest absolute Gasteiger partial charge is 0.274 e. The van der Waals surface area contributed by atoms with Crippen molar-refractivity contribution < 1.29 is 0 Å². The first-order valence-electron chi connectivity index (χ1n) is 10.7. The summed E-state index contributed by atoms with van der Waals surface area (Å²) in [4.78, 5) is 15.5. The van der Waals surface area contributed by atoms with Gasteiger partial charge in [0.1, 0.15) is 0 Å². The Kier molecular flexibility index (Phi) is 6.03. The monoisotopic (exact) mass is 365 g/mol. The number of aryl methyl sites for hydroxylation is 1. The summed E-state index contributed by atoms with van der Waals surface area (Å²) in [5.41, 5.74) is 1.73. The molecule has 1 aliphatic carbocycles. The summed E-state index contributed by atoms with van der Waals surface area (Å²) in [5.74, 6) is 0.944. The van der Waals surface area contributed by atoms with Gasteiger partial charge in [0.05, 0.1) is 5.56 Å². The van der Waals surface area contributed by atoms with Crippen LogP contribution in [0.1, 0.15) is 51.4 Å². The number of likely N-dealkylation sites (tertiary alicyclic amines) is 1. The van der Waals surface area contributed by atoms with Gasteiger partial charge in [-0.25, -0.2) is 4.68 Å². The third-order valence-electron chi connectivity index (χ3n) is 6.42. The molecule has 1 aliphatic heterocycles. The highest BCUT2D eigenvalue weighted by Crippen LogP contribution is 2.35. The van der Waals surface area contributed by atoms with E-state index in [1.165, 1.54) is 51.6 Å². The van der Waals surface area contributed by atoms with Gasteiger partial charge in [0, 0.05) is 18.8 Å². The number of benzene rings is 1. The summed E-state index contributed by atoms with van der Waals surface area (Å²) in [5, 5.41) is 4.30. The van der Waals surface area contributed by atoms with Crippen LogP contribution >= 0.6 is 0 Å². The van der Waals surface area contributed by atoms with Gasteiger partial charge in [-0.15, -0.1) is 0 Å². The van der Waals surface area contributed by atoms with E-state index in [2.05, 4.69) is 10.00 Å². The maximum atomic E-state index is 12.7. The lowest BCUT2D eigenvalue weighted by Crippen LogP contribution is -2.47. The van der Waals surface area contributed by atoms with Gasteiger partial charge in [-0.2, -0.15) is 5.10 Å². The zero-order valence-electron chi connectivity index (χ0n) is 16.2. The third kappa shape index (κ3) is 4.32. The average molecular weight is 366 g/mol. The van der Waals surface area contributed by atoms with Crippen molar-refractivity contribution in [2.45, 2.75) is 64.0 Å². The van der Waals surface area contributed by atoms with E-state index in [9.17, 15) is 4.79 Å². The van der Waals surface area contributed by atoms with Crippen LogP contribution in [0.5, 0.6) is 0 Å². The van der Waals surface area contributed by atoms with E-state index in [0.717, 1.165) is 35.9 Å². The second-order valence-electron chi connectivity index (χ2n) is 8.14. The van der Waals surface area contributed by atoms with E-state index in [1.54, 1.807) is 10.9 Å². The second kappa shape index (κ2) is 8.83. The molecular weight excluding hydrogens is 334 g/mol. The summed E-state index contributed by atoms with van der Waals surface area (Å²) >= 11 is 0. The summed E-state index contributed by atoms with van der Waals surface area (Å²) in [7, 11) is 0. The Morgan fingerprint density at radius 2 is 1.70 bits per heavy atom. The number of hydrogen-bond acceptors (Lipinski definition) is 3. The van der Waals surface area contributed by atoms with Crippen molar-refractivity contribution in [2.24, 2.45) is 5.92 Å². The van der Waals surface area contributed by atoms with E-state index >= 15 is 0 Å². The molecule has 1 saturated heterocycles. The van der Waals surface area contributed by atoms with Gasteiger partial charge in [-0.3, -0.25) is 4.79 Å². The highest BCUT2D eigenvalue weighted by Gasteiger charge is 2.32. The molecule has 1 aromatic carbocycles. The highest BCUT2D eigenvalue weighted by atomic mass is 16.1. The Hall–Kier alpha value is -1.94. The largest absolute Gasteiger partial charge is 0.300 e. The minimum absolute atomic E-state index is 0.0222. The van der Waals surface area contributed by atoms with Crippen LogP contribution < -0.4 is 5.56 Å². The molecule has 27 heavy (non-hydrogen) atoms. The Bertz CT molecular complexity index is 784. The molecule has 2 heterocycles. The zero-order chi connectivity index (χ0) is 18.5. The fraction of sp³-hybridized carbons (Fsp3) is 0.565. The van der Waals surface area contributed by atoms with Gasteiger partial charge in [-0.1, -0.05) is 43.2 Å². The Labute approximate surface area is 162 Å². The normalized spacial score (nSPS) is 23.1. The molecule has 0 amide bonds. The van der Waals surface area contributed by atoms with E-state index in [1.807, 2.05) is 36.4 Å². The number of piperidine rings is 1. The summed E-state index contributed by atoms with van der Waals surface area (Å²) in [6, 6.07) is 12.5. The molecular formula is C23H31N3O. The number of nitrogens with zero attached hydrogens (tertiary/aromatic N) is 3. The van der Waals surface area contributed by atoms with Crippen molar-refractivity contribution in [1.29, 1.82) is 0 Å². The van der Waals surface area contributed by atoms with E-state index in [4.69, 9.17) is 0 Å². The van der Waals surface area contributed by atoms with Crippen LogP contribution in [0.2, 0.25) is 0 Å². The molecule has 2 fully saturated rings. The van der Waals surface area contributed by atoms with E-state index in [0.29, 0.717) is 6.54 Å². The molecule has 2 atom stereocenters. The molecule has 2 aliphatic rings. The first kappa shape index (κ1) is 18.4. The Morgan fingerprint density at radius 1 is 0.926 bits per heavy atom. The van der Waals surface area contributed by atoms with Crippen molar-refractivity contribution in [2.75, 3.05) is 13.1 Å². The quantitative estimate of drug-likeness (QED) is 0.715. The summed E-state index contributed by atoms with van der Waals surface area (Å²) < 4.78 is 1.64. The molecule has 4 heteroatoms. The van der Waals surface area contributed by atoms with Crippen molar-refractivity contribution in [3.8, 4) is 11.1 Å². The molecule has 0 spiro atoms. The lowest BCUT2D eigenvalue weighted by atomic mass is 9.78. The van der Waals surface area contributed by atoms with E-state index < -0.39 is 0 Å². The van der Waals surface area contributed by atoms with Crippen LogP contribution in [0.25, 0.3) is 11.1 Å². The van der Waals surface area contributed by atoms with Gasteiger partial charge < -0.3 is 4.90 Å². The Balaban J connectivity index is 1.32. The van der Waals surface area contributed by atoms with Gasteiger partial charge in [0.15, 0.2) is 0 Å². The van der Waals surface area contributed by atoms with Crippen LogP contribution in [0.15, 0.2) is 47.4 Å². The molecule has 1 saturated carbocycles. The Morgan fingerprint density at radius 3 is 2.59 bits per heavy atom. The average Bonchev–Trinajstić information content (AvgIpc) is 2.73. The third-order valence-corrected chi connectivity index (χ3v) is 6.42. The van der Waals surface area contributed by atoms with Crippen LogP contribution in [0.3, 0.4) is 0 Å². The minimum atomic E-state index is 0.0222. The van der Waals surface area contributed by atoms with Crippen LogP contribution in [0, 0.1) is 5.92 Å². The van der Waals surface area contributed by atoms with Crippen LogP contribution in [0.4, 0.5) is 0 Å². The van der Waals surface area contributed by atoms with Gasteiger partial charge in [-0.05, 0) is 69.2 Å². The molecule has 0 bridgehead atoms. The summed E-state index contributed by atoms with van der Waals surface area (Å²) in [6.07, 6.45) is 12.4. The van der Waals surface area contributed by atoms with Gasteiger partial charge in [0.25, 0.3) is 5.56 Å². The van der Waals surface area contributed by atoms with E-state index in [-0.39, 0.29) is 5.56 Å². The maximum Gasteiger partial charge on any atom is 0.274 e. The van der Waals surface area contributed by atoms with Gasteiger partial charge in [0.2, 0.25) is 0 Å². The van der Waals surface area contributed by atoms with Crippen LogP contribution in [-0.2, 0) is 6.54 Å².